The van der Waals surface area contributed by atoms with Gasteiger partial charge in [-0.15, -0.1) is 0 Å². The first kappa shape index (κ1) is 12.4. The second-order valence-electron chi connectivity index (χ2n) is 6.03. The van der Waals surface area contributed by atoms with Crippen molar-refractivity contribution in [2.45, 2.75) is 63.8 Å². The van der Waals surface area contributed by atoms with Crippen LogP contribution >= 0.6 is 0 Å². The number of hydrogen-bond acceptors (Lipinski definition) is 4. The molecule has 0 unspecified atom stereocenters. The number of amides is 1. The Morgan fingerprint density at radius 1 is 1.44 bits per heavy atom. The summed E-state index contributed by atoms with van der Waals surface area (Å²) in [6, 6.07) is -0.230. The fourth-order valence-corrected chi connectivity index (χ4v) is 3.56. The molecule has 0 saturated carbocycles. The van der Waals surface area contributed by atoms with E-state index in [2.05, 4.69) is 0 Å². The Morgan fingerprint density at radius 2 is 2.17 bits per heavy atom. The molecule has 3 aliphatic heterocycles. The van der Waals surface area contributed by atoms with Gasteiger partial charge in [-0.3, -0.25) is 4.79 Å². The fraction of sp³-hybridized carbons (Fsp3) is 0.923. The summed E-state index contributed by atoms with van der Waals surface area (Å²) in [6.45, 7) is 6.29. The third-order valence-electron chi connectivity index (χ3n) is 4.34. The first-order valence-electron chi connectivity index (χ1n) is 6.77. The molecule has 0 aromatic rings. The van der Waals surface area contributed by atoms with Gasteiger partial charge in [-0.2, -0.15) is 0 Å². The van der Waals surface area contributed by atoms with E-state index in [0.29, 0.717) is 13.0 Å². The standard InChI is InChI=1S/C13H21NO4/c1-4-7-5-8(15)10-11-9(6-14(10)12(7)16)17-13(2,3)18-11/h7-11,15H,4-6H2,1-3H3/t7-,8+,9+,10+,11+/m0/s1. The molecule has 0 spiro atoms. The fourth-order valence-electron chi connectivity index (χ4n) is 3.56. The van der Waals surface area contributed by atoms with Crippen LogP contribution in [0.4, 0.5) is 0 Å². The number of piperidine rings is 1. The quantitative estimate of drug-likeness (QED) is 0.741. The average Bonchev–Trinajstić information content (AvgIpc) is 2.75. The molecule has 0 aromatic carbocycles. The lowest BCUT2D eigenvalue weighted by Gasteiger charge is -2.40. The van der Waals surface area contributed by atoms with Gasteiger partial charge >= 0.3 is 0 Å². The lowest BCUT2D eigenvalue weighted by molar-refractivity contribution is -0.180. The number of nitrogens with zero attached hydrogens (tertiary/aromatic N) is 1. The van der Waals surface area contributed by atoms with Crippen LogP contribution in [0.5, 0.6) is 0 Å². The van der Waals surface area contributed by atoms with E-state index in [1.807, 2.05) is 20.8 Å². The van der Waals surface area contributed by atoms with Crippen molar-refractivity contribution in [1.82, 2.24) is 4.90 Å². The number of rotatable bonds is 1. The summed E-state index contributed by atoms with van der Waals surface area (Å²) in [7, 11) is 0. The predicted molar refractivity (Wildman–Crippen MR) is 63.7 cm³/mol. The average molecular weight is 255 g/mol. The topological polar surface area (TPSA) is 59.0 Å². The van der Waals surface area contributed by atoms with E-state index < -0.39 is 11.9 Å². The van der Waals surface area contributed by atoms with Crippen LogP contribution < -0.4 is 0 Å². The van der Waals surface area contributed by atoms with Crippen LogP contribution in [0.15, 0.2) is 0 Å². The molecule has 3 heterocycles. The molecule has 3 fully saturated rings. The molecule has 0 aliphatic carbocycles. The summed E-state index contributed by atoms with van der Waals surface area (Å²) in [5.74, 6) is -0.512. The number of aliphatic hydroxyl groups excluding tert-OH is 1. The van der Waals surface area contributed by atoms with E-state index in [-0.39, 0.29) is 30.1 Å². The summed E-state index contributed by atoms with van der Waals surface area (Å²) in [6.07, 6.45) is 0.543. The van der Waals surface area contributed by atoms with E-state index in [1.165, 1.54) is 0 Å². The molecular weight excluding hydrogens is 234 g/mol. The summed E-state index contributed by atoms with van der Waals surface area (Å²) in [5.41, 5.74) is 0. The van der Waals surface area contributed by atoms with Crippen molar-refractivity contribution in [3.8, 4) is 0 Å². The minimum atomic E-state index is -0.605. The maximum atomic E-state index is 12.3. The molecule has 5 atom stereocenters. The number of ether oxygens (including phenoxy) is 2. The van der Waals surface area contributed by atoms with E-state index in [1.54, 1.807) is 4.90 Å². The highest BCUT2D eigenvalue weighted by Gasteiger charge is 2.58. The maximum Gasteiger partial charge on any atom is 0.226 e. The van der Waals surface area contributed by atoms with Crippen LogP contribution in [-0.4, -0.2) is 52.6 Å². The Labute approximate surface area is 107 Å². The molecule has 3 aliphatic rings. The van der Waals surface area contributed by atoms with Crippen molar-refractivity contribution < 1.29 is 19.4 Å². The number of fused-ring (bicyclic) bond motifs is 3. The molecule has 1 amide bonds. The van der Waals surface area contributed by atoms with Gasteiger partial charge in [0.05, 0.1) is 18.7 Å². The van der Waals surface area contributed by atoms with Crippen molar-refractivity contribution in [2.24, 2.45) is 5.92 Å². The minimum Gasteiger partial charge on any atom is -0.391 e. The van der Waals surface area contributed by atoms with Crippen molar-refractivity contribution >= 4 is 5.91 Å². The Bertz CT molecular complexity index is 370. The smallest absolute Gasteiger partial charge is 0.226 e. The van der Waals surface area contributed by atoms with Crippen LogP contribution in [-0.2, 0) is 14.3 Å². The largest absolute Gasteiger partial charge is 0.391 e. The van der Waals surface area contributed by atoms with Gasteiger partial charge < -0.3 is 19.5 Å². The zero-order valence-corrected chi connectivity index (χ0v) is 11.1. The molecule has 0 radical (unpaired) electrons. The molecule has 102 valence electrons. The van der Waals surface area contributed by atoms with Crippen LogP contribution in [0.2, 0.25) is 0 Å². The molecule has 1 N–H and O–H groups in total. The van der Waals surface area contributed by atoms with E-state index in [9.17, 15) is 9.90 Å². The third kappa shape index (κ3) is 1.68. The summed E-state index contributed by atoms with van der Waals surface area (Å²) in [5, 5.41) is 10.3. The van der Waals surface area contributed by atoms with Crippen molar-refractivity contribution in [2.75, 3.05) is 6.54 Å². The van der Waals surface area contributed by atoms with Gasteiger partial charge in [-0.1, -0.05) is 6.92 Å². The highest BCUT2D eigenvalue weighted by atomic mass is 16.8. The predicted octanol–water partition coefficient (Wildman–Crippen LogP) is 0.508. The second-order valence-corrected chi connectivity index (χ2v) is 6.03. The van der Waals surface area contributed by atoms with Crippen molar-refractivity contribution in [3.05, 3.63) is 0 Å². The first-order chi connectivity index (χ1) is 8.43. The van der Waals surface area contributed by atoms with Gasteiger partial charge in [0.1, 0.15) is 12.2 Å². The normalized spacial score (nSPS) is 46.1. The Hall–Kier alpha value is -0.650. The molecule has 5 nitrogen and oxygen atoms in total. The van der Waals surface area contributed by atoms with Crippen LogP contribution in [0.1, 0.15) is 33.6 Å². The Morgan fingerprint density at radius 3 is 2.83 bits per heavy atom. The lowest BCUT2D eigenvalue weighted by Crippen LogP contribution is -2.55. The van der Waals surface area contributed by atoms with Gasteiger partial charge in [-0.25, -0.2) is 0 Å². The molecule has 5 heteroatoms. The summed E-state index contributed by atoms with van der Waals surface area (Å²) in [4.78, 5) is 14.1. The van der Waals surface area contributed by atoms with Gasteiger partial charge in [-0.05, 0) is 26.7 Å². The second kappa shape index (κ2) is 3.92. The monoisotopic (exact) mass is 255 g/mol. The lowest BCUT2D eigenvalue weighted by atomic mass is 9.87. The summed E-state index contributed by atoms with van der Waals surface area (Å²) < 4.78 is 11.7. The van der Waals surface area contributed by atoms with E-state index in [4.69, 9.17) is 9.47 Å². The van der Waals surface area contributed by atoms with E-state index in [0.717, 1.165) is 6.42 Å². The molecule has 3 rings (SSSR count). The summed E-state index contributed by atoms with van der Waals surface area (Å²) >= 11 is 0. The zero-order chi connectivity index (χ0) is 13.1. The van der Waals surface area contributed by atoms with Gasteiger partial charge in [0.15, 0.2) is 5.79 Å². The number of carbonyl (C=O) groups is 1. The highest BCUT2D eigenvalue weighted by Crippen LogP contribution is 2.41. The highest BCUT2D eigenvalue weighted by molar-refractivity contribution is 5.80. The maximum absolute atomic E-state index is 12.3. The molecule has 3 saturated heterocycles. The third-order valence-corrected chi connectivity index (χ3v) is 4.34. The van der Waals surface area contributed by atoms with Crippen LogP contribution in [0.3, 0.4) is 0 Å². The minimum absolute atomic E-state index is 0.0527. The Balaban J connectivity index is 1.84. The number of aliphatic hydroxyl groups is 1. The number of hydrogen-bond donors (Lipinski definition) is 1. The SMILES string of the molecule is CC[C@H]1C[C@@H](O)[C@@H]2[C@@H]3OC(C)(C)O[C@@H]3CN2C1=O. The molecular formula is C13H21NO4. The molecule has 18 heavy (non-hydrogen) atoms. The molecule has 0 aromatic heterocycles. The van der Waals surface area contributed by atoms with Crippen molar-refractivity contribution in [3.63, 3.8) is 0 Å². The van der Waals surface area contributed by atoms with E-state index >= 15 is 0 Å². The van der Waals surface area contributed by atoms with Gasteiger partial charge in [0, 0.05) is 5.92 Å². The number of carbonyl (C=O) groups excluding carboxylic acids is 1. The van der Waals surface area contributed by atoms with Gasteiger partial charge in [0.25, 0.3) is 0 Å². The van der Waals surface area contributed by atoms with Crippen LogP contribution in [0.25, 0.3) is 0 Å². The first-order valence-corrected chi connectivity index (χ1v) is 6.77. The van der Waals surface area contributed by atoms with Crippen LogP contribution in [0, 0.1) is 5.92 Å². The Kier molecular flexibility index (Phi) is 2.70. The molecule has 0 bridgehead atoms. The zero-order valence-electron chi connectivity index (χ0n) is 11.1. The van der Waals surface area contributed by atoms with Crippen molar-refractivity contribution in [1.29, 1.82) is 0 Å². The van der Waals surface area contributed by atoms with Gasteiger partial charge in [0.2, 0.25) is 5.91 Å².